The number of nitrogens with zero attached hydrogens (tertiary/aromatic N) is 2. The van der Waals surface area contributed by atoms with E-state index in [1.165, 1.54) is 33.7 Å². The summed E-state index contributed by atoms with van der Waals surface area (Å²) in [5, 5.41) is 5.15. The first-order valence-corrected chi connectivity index (χ1v) is 11.1. The van der Waals surface area contributed by atoms with E-state index < -0.39 is 11.6 Å². The van der Waals surface area contributed by atoms with E-state index >= 15 is 0 Å². The predicted molar refractivity (Wildman–Crippen MR) is 123 cm³/mol. The Labute approximate surface area is 184 Å². The van der Waals surface area contributed by atoms with Crippen molar-refractivity contribution in [3.05, 3.63) is 82.3 Å². The molecule has 2 aromatic carbocycles. The van der Waals surface area contributed by atoms with Crippen LogP contribution in [0.3, 0.4) is 0 Å². The molecule has 0 saturated carbocycles. The fourth-order valence-corrected chi connectivity index (χ4v) is 4.63. The number of piperidine rings is 1. The van der Waals surface area contributed by atoms with Gasteiger partial charge in [0.25, 0.3) is 5.56 Å². The lowest BCUT2D eigenvalue weighted by atomic mass is 10.0. The van der Waals surface area contributed by atoms with E-state index in [1.807, 2.05) is 6.20 Å². The first kappa shape index (κ1) is 20.8. The maximum absolute atomic E-state index is 14.1. The highest BCUT2D eigenvalue weighted by Crippen LogP contribution is 2.19. The van der Waals surface area contributed by atoms with Gasteiger partial charge in [-0.15, -0.1) is 0 Å². The van der Waals surface area contributed by atoms with Gasteiger partial charge in [-0.1, -0.05) is 6.07 Å². The van der Waals surface area contributed by atoms with E-state index in [-0.39, 0.29) is 10.9 Å². The number of aromatic nitrogens is 2. The Balaban J connectivity index is 1.16. The van der Waals surface area contributed by atoms with E-state index in [1.54, 1.807) is 0 Å². The lowest BCUT2D eigenvalue weighted by Gasteiger charge is -2.32. The monoisotopic (exact) mass is 436 g/mol. The normalized spacial score (nSPS) is 15.7. The van der Waals surface area contributed by atoms with Crippen molar-refractivity contribution in [2.75, 3.05) is 19.6 Å². The topological polar surface area (TPSA) is 53.1 Å². The summed E-state index contributed by atoms with van der Waals surface area (Å²) in [5.74, 6) is -1.31. The molecule has 1 saturated heterocycles. The minimum absolute atomic E-state index is 0.238. The van der Waals surface area contributed by atoms with Crippen molar-refractivity contribution >= 4 is 21.8 Å². The maximum Gasteiger partial charge on any atom is 0.251 e. The van der Waals surface area contributed by atoms with Gasteiger partial charge in [0.2, 0.25) is 0 Å². The van der Waals surface area contributed by atoms with E-state index in [2.05, 4.69) is 39.5 Å². The fraction of sp³-hybridized carbons (Fsp3) is 0.320. The van der Waals surface area contributed by atoms with Crippen LogP contribution in [-0.4, -0.2) is 40.1 Å². The van der Waals surface area contributed by atoms with Crippen molar-refractivity contribution in [1.82, 2.24) is 19.8 Å². The molecule has 1 fully saturated rings. The molecule has 1 aliphatic heterocycles. The third-order valence-corrected chi connectivity index (χ3v) is 6.46. The van der Waals surface area contributed by atoms with Crippen molar-refractivity contribution in [1.29, 1.82) is 0 Å². The quantitative estimate of drug-likeness (QED) is 0.480. The van der Waals surface area contributed by atoms with Gasteiger partial charge in [0.1, 0.15) is 11.6 Å². The molecule has 5 rings (SSSR count). The highest BCUT2D eigenvalue weighted by atomic mass is 19.1. The zero-order chi connectivity index (χ0) is 22.1. The van der Waals surface area contributed by atoms with E-state index in [9.17, 15) is 13.6 Å². The van der Waals surface area contributed by atoms with Crippen molar-refractivity contribution in [2.24, 2.45) is 0 Å². The van der Waals surface area contributed by atoms with Gasteiger partial charge < -0.3 is 19.8 Å². The highest BCUT2D eigenvalue weighted by molar-refractivity contribution is 5.80. The van der Waals surface area contributed by atoms with E-state index in [4.69, 9.17) is 0 Å². The summed E-state index contributed by atoms with van der Waals surface area (Å²) in [6.07, 6.45) is 4.01. The molecule has 0 amide bonds. The SMILES string of the molecule is O=c1ccc2c(F)cc(F)cc2n1CCN1CCC(NCc2ccc3[nH]ccc3c2)CC1. The Bertz CT molecular complexity index is 1300. The summed E-state index contributed by atoms with van der Waals surface area (Å²) in [5.41, 5.74) is 2.50. The molecule has 2 N–H and O–H groups in total. The van der Waals surface area contributed by atoms with Gasteiger partial charge in [-0.05, 0) is 67.2 Å². The molecule has 7 heteroatoms. The molecule has 32 heavy (non-hydrogen) atoms. The van der Waals surface area contributed by atoms with Crippen LogP contribution in [-0.2, 0) is 13.1 Å². The minimum atomic E-state index is -0.670. The molecule has 1 aliphatic rings. The third kappa shape index (κ3) is 4.31. The molecule has 0 aliphatic carbocycles. The molecule has 3 heterocycles. The Kier molecular flexibility index (Phi) is 5.76. The summed E-state index contributed by atoms with van der Waals surface area (Å²) >= 11 is 0. The number of H-pyrrole nitrogens is 1. The number of halogens is 2. The smallest absolute Gasteiger partial charge is 0.251 e. The van der Waals surface area contributed by atoms with Crippen LogP contribution in [0.5, 0.6) is 0 Å². The number of hydrogen-bond acceptors (Lipinski definition) is 3. The van der Waals surface area contributed by atoms with Crippen LogP contribution in [0.25, 0.3) is 21.8 Å². The van der Waals surface area contributed by atoms with Gasteiger partial charge in [0.05, 0.1) is 5.52 Å². The third-order valence-electron chi connectivity index (χ3n) is 6.46. The summed E-state index contributed by atoms with van der Waals surface area (Å²) < 4.78 is 29.3. The van der Waals surface area contributed by atoms with Crippen molar-refractivity contribution in [3.63, 3.8) is 0 Å². The van der Waals surface area contributed by atoms with Gasteiger partial charge >= 0.3 is 0 Å². The number of likely N-dealkylation sites (tertiary alicyclic amines) is 1. The Morgan fingerprint density at radius 3 is 2.69 bits per heavy atom. The van der Waals surface area contributed by atoms with Gasteiger partial charge in [-0.3, -0.25) is 4.79 Å². The van der Waals surface area contributed by atoms with Crippen LogP contribution in [0.4, 0.5) is 8.78 Å². The number of hydrogen-bond donors (Lipinski definition) is 2. The van der Waals surface area contributed by atoms with Crippen molar-refractivity contribution < 1.29 is 8.78 Å². The van der Waals surface area contributed by atoms with Gasteiger partial charge in [0.15, 0.2) is 0 Å². The molecule has 0 unspecified atom stereocenters. The number of aromatic amines is 1. The predicted octanol–water partition coefficient (Wildman–Crippen LogP) is 4.02. The maximum atomic E-state index is 14.1. The number of fused-ring (bicyclic) bond motifs is 2. The molecule has 0 spiro atoms. The molecule has 0 bridgehead atoms. The summed E-state index contributed by atoms with van der Waals surface area (Å²) in [6, 6.07) is 13.9. The number of rotatable bonds is 6. The average molecular weight is 437 g/mol. The lowest BCUT2D eigenvalue weighted by molar-refractivity contribution is 0.191. The van der Waals surface area contributed by atoms with Crippen LogP contribution < -0.4 is 10.9 Å². The summed E-state index contributed by atoms with van der Waals surface area (Å²) in [6.45, 7) is 3.78. The summed E-state index contributed by atoms with van der Waals surface area (Å²) in [4.78, 5) is 17.9. The second-order valence-electron chi connectivity index (χ2n) is 8.54. The van der Waals surface area contributed by atoms with Gasteiger partial charge in [-0.2, -0.15) is 0 Å². The van der Waals surface area contributed by atoms with Gasteiger partial charge in [0, 0.05) is 54.9 Å². The first-order chi connectivity index (χ1) is 15.6. The fourth-order valence-electron chi connectivity index (χ4n) is 4.63. The first-order valence-electron chi connectivity index (χ1n) is 11.1. The van der Waals surface area contributed by atoms with Gasteiger partial charge in [-0.25, -0.2) is 8.78 Å². The van der Waals surface area contributed by atoms with Crippen LogP contribution >= 0.6 is 0 Å². The number of pyridine rings is 1. The molecular formula is C25H26F2N4O. The molecule has 0 atom stereocenters. The zero-order valence-corrected chi connectivity index (χ0v) is 17.8. The second kappa shape index (κ2) is 8.84. The Morgan fingerprint density at radius 2 is 1.84 bits per heavy atom. The lowest BCUT2D eigenvalue weighted by Crippen LogP contribution is -2.43. The molecule has 166 valence electrons. The Hall–Kier alpha value is -3.03. The van der Waals surface area contributed by atoms with Crippen LogP contribution in [0.2, 0.25) is 0 Å². The summed E-state index contributed by atoms with van der Waals surface area (Å²) in [7, 11) is 0. The molecule has 2 aromatic heterocycles. The molecular weight excluding hydrogens is 410 g/mol. The van der Waals surface area contributed by atoms with Crippen LogP contribution in [0.1, 0.15) is 18.4 Å². The van der Waals surface area contributed by atoms with E-state index in [0.29, 0.717) is 24.6 Å². The molecule has 0 radical (unpaired) electrons. The van der Waals surface area contributed by atoms with Crippen molar-refractivity contribution in [2.45, 2.75) is 32.0 Å². The van der Waals surface area contributed by atoms with Crippen LogP contribution in [0.15, 0.2) is 59.5 Å². The zero-order valence-electron chi connectivity index (χ0n) is 17.8. The number of nitrogens with one attached hydrogen (secondary N) is 2. The van der Waals surface area contributed by atoms with E-state index in [0.717, 1.165) is 44.1 Å². The Morgan fingerprint density at radius 1 is 1.00 bits per heavy atom. The second-order valence-corrected chi connectivity index (χ2v) is 8.54. The standard InChI is InChI=1S/C25H26F2N4O/c26-19-14-22(27)21-2-4-25(32)31(24(21)15-19)12-11-30-9-6-20(7-10-30)29-16-17-1-3-23-18(13-17)5-8-28-23/h1-5,8,13-15,20,28-29H,6-7,9-12,16H2. The number of benzene rings is 2. The average Bonchev–Trinajstić information content (AvgIpc) is 3.25. The minimum Gasteiger partial charge on any atom is -0.361 e. The molecule has 4 aromatic rings. The largest absolute Gasteiger partial charge is 0.361 e. The van der Waals surface area contributed by atoms with Crippen molar-refractivity contribution in [3.8, 4) is 0 Å². The molecule has 5 nitrogen and oxygen atoms in total. The van der Waals surface area contributed by atoms with Crippen LogP contribution in [0, 0.1) is 11.6 Å². The highest BCUT2D eigenvalue weighted by Gasteiger charge is 2.19.